The molecule has 0 saturated heterocycles. The fourth-order valence-electron chi connectivity index (χ4n) is 3.94. The smallest absolute Gasteiger partial charge is 0.318 e. The quantitative estimate of drug-likeness (QED) is 0.0834. The van der Waals surface area contributed by atoms with Crippen LogP contribution in [0.1, 0.15) is 45.6 Å². The first kappa shape index (κ1) is 33.7. The number of hydrazine groups is 1. The van der Waals surface area contributed by atoms with Gasteiger partial charge in [-0.1, -0.05) is 11.6 Å². The van der Waals surface area contributed by atoms with Crippen LogP contribution in [0.25, 0.3) is 11.2 Å². The van der Waals surface area contributed by atoms with E-state index in [0.29, 0.717) is 34.2 Å². The number of aliphatic hydroxyl groups excluding tert-OH is 1. The van der Waals surface area contributed by atoms with Gasteiger partial charge in [0.15, 0.2) is 17.0 Å². The number of nitrogen functional groups attached to an aromatic ring is 1. The number of nitrogens with zero attached hydrogens (tertiary/aromatic N) is 5. The van der Waals surface area contributed by atoms with E-state index < -0.39 is 8.53 Å². The SMILES string of the molecule is CO.COC(COP(NC(C)CC(=O)OC1CC1)Oc1ccc(Cl)cc1)CC(C)n1cnc2c(N(C)N)nc(N)nc21. The Balaban J connectivity index is 0.00000237. The van der Waals surface area contributed by atoms with Crippen LogP contribution in [0.5, 0.6) is 5.75 Å². The van der Waals surface area contributed by atoms with Crippen LogP contribution in [-0.4, -0.2) is 76.7 Å². The number of nitrogens with one attached hydrogen (secondary N) is 1. The second kappa shape index (κ2) is 16.1. The molecule has 232 valence electrons. The largest absolute Gasteiger partial charge is 0.462 e. The van der Waals surface area contributed by atoms with Crippen LogP contribution in [0.2, 0.25) is 5.02 Å². The molecule has 14 nitrogen and oxygen atoms in total. The number of anilines is 2. The van der Waals surface area contributed by atoms with Gasteiger partial charge in [0.1, 0.15) is 11.9 Å². The highest BCUT2D eigenvalue weighted by Crippen LogP contribution is 2.38. The van der Waals surface area contributed by atoms with Gasteiger partial charge in [-0.2, -0.15) is 9.97 Å². The van der Waals surface area contributed by atoms with Crippen molar-refractivity contribution in [3.63, 3.8) is 0 Å². The van der Waals surface area contributed by atoms with E-state index in [2.05, 4.69) is 20.0 Å². The van der Waals surface area contributed by atoms with Crippen molar-refractivity contribution in [2.75, 3.05) is 38.6 Å². The van der Waals surface area contributed by atoms with Crippen molar-refractivity contribution in [3.8, 4) is 5.75 Å². The lowest BCUT2D eigenvalue weighted by Gasteiger charge is -2.25. The molecule has 1 aliphatic carbocycles. The number of hydrogen-bond acceptors (Lipinski definition) is 13. The topological polar surface area (TPSA) is 185 Å². The minimum Gasteiger partial charge on any atom is -0.462 e. The molecule has 0 aliphatic heterocycles. The Morgan fingerprint density at radius 2 is 1.95 bits per heavy atom. The zero-order valence-electron chi connectivity index (χ0n) is 24.4. The molecule has 4 rings (SSSR count). The van der Waals surface area contributed by atoms with Crippen molar-refractivity contribution >= 4 is 49.0 Å². The Kier molecular flexibility index (Phi) is 12.9. The highest BCUT2D eigenvalue weighted by molar-refractivity contribution is 7.45. The van der Waals surface area contributed by atoms with Crippen molar-refractivity contribution in [3.05, 3.63) is 35.6 Å². The average molecular weight is 627 g/mol. The number of aromatic nitrogens is 4. The molecule has 1 aliphatic rings. The minimum absolute atomic E-state index is 0.0607. The number of benzene rings is 1. The summed E-state index contributed by atoms with van der Waals surface area (Å²) in [7, 11) is 2.66. The number of carbonyl (C=O) groups is 1. The zero-order chi connectivity index (χ0) is 30.8. The van der Waals surface area contributed by atoms with Crippen molar-refractivity contribution < 1.29 is 28.4 Å². The van der Waals surface area contributed by atoms with E-state index in [4.69, 9.17) is 46.8 Å². The first-order chi connectivity index (χ1) is 20.1. The molecular weight excluding hydrogens is 587 g/mol. The van der Waals surface area contributed by atoms with Crippen LogP contribution >= 0.6 is 20.1 Å². The summed E-state index contributed by atoms with van der Waals surface area (Å²) < 4.78 is 25.3. The summed E-state index contributed by atoms with van der Waals surface area (Å²) in [4.78, 5) is 25.2. The second-order valence-corrected chi connectivity index (χ2v) is 11.5. The highest BCUT2D eigenvalue weighted by Gasteiger charge is 2.28. The van der Waals surface area contributed by atoms with Gasteiger partial charge in [-0.3, -0.25) is 9.80 Å². The van der Waals surface area contributed by atoms with Gasteiger partial charge in [-0.05, 0) is 57.4 Å². The van der Waals surface area contributed by atoms with E-state index in [1.165, 1.54) is 5.01 Å². The van der Waals surface area contributed by atoms with Gasteiger partial charge in [0.25, 0.3) is 0 Å². The van der Waals surface area contributed by atoms with E-state index in [-0.39, 0.29) is 49.2 Å². The molecule has 16 heteroatoms. The second-order valence-electron chi connectivity index (χ2n) is 9.80. The van der Waals surface area contributed by atoms with Crippen LogP contribution in [0.3, 0.4) is 0 Å². The Labute approximate surface area is 251 Å². The number of hydrogen-bond donors (Lipinski definition) is 4. The van der Waals surface area contributed by atoms with Gasteiger partial charge in [-0.15, -0.1) is 0 Å². The maximum Gasteiger partial charge on any atom is 0.318 e. The number of carbonyl (C=O) groups excluding carboxylic acids is 1. The van der Waals surface area contributed by atoms with E-state index >= 15 is 0 Å². The number of imidazole rings is 1. The molecule has 6 N–H and O–H groups in total. The lowest BCUT2D eigenvalue weighted by atomic mass is 10.1. The van der Waals surface area contributed by atoms with E-state index in [1.807, 2.05) is 18.4 Å². The molecule has 1 aromatic carbocycles. The van der Waals surface area contributed by atoms with Crippen molar-refractivity contribution in [1.29, 1.82) is 0 Å². The van der Waals surface area contributed by atoms with Crippen LogP contribution in [-0.2, 0) is 18.8 Å². The highest BCUT2D eigenvalue weighted by atomic mass is 35.5. The van der Waals surface area contributed by atoms with Crippen LogP contribution in [0, 0.1) is 0 Å². The molecule has 3 aromatic rings. The Hall–Kier alpha value is -2.84. The molecule has 0 bridgehead atoms. The third-order valence-corrected chi connectivity index (χ3v) is 7.83. The van der Waals surface area contributed by atoms with Gasteiger partial charge < -0.3 is 33.9 Å². The Bertz CT molecular complexity index is 1280. The normalized spacial score (nSPS) is 15.7. The molecule has 2 heterocycles. The van der Waals surface area contributed by atoms with Gasteiger partial charge in [0, 0.05) is 38.4 Å². The summed E-state index contributed by atoms with van der Waals surface area (Å²) in [5.41, 5.74) is 7.05. The van der Waals surface area contributed by atoms with E-state index in [9.17, 15) is 4.79 Å². The first-order valence-electron chi connectivity index (χ1n) is 13.4. The molecule has 4 atom stereocenters. The molecule has 4 unspecified atom stereocenters. The summed E-state index contributed by atoms with van der Waals surface area (Å²) in [6.07, 6.45) is 4.09. The van der Waals surface area contributed by atoms with Crippen LogP contribution in [0.15, 0.2) is 30.6 Å². The summed E-state index contributed by atoms with van der Waals surface area (Å²) in [6.45, 7) is 4.14. The lowest BCUT2D eigenvalue weighted by Crippen LogP contribution is -2.29. The Morgan fingerprint density at radius 3 is 2.57 bits per heavy atom. The van der Waals surface area contributed by atoms with Crippen molar-refractivity contribution in [2.45, 2.75) is 63.8 Å². The number of rotatable bonds is 15. The van der Waals surface area contributed by atoms with Crippen molar-refractivity contribution in [1.82, 2.24) is 24.6 Å². The summed E-state index contributed by atoms with van der Waals surface area (Å²) in [5, 5.41) is 12.2. The average Bonchev–Trinajstić information content (AvgIpc) is 3.67. The molecule has 1 fully saturated rings. The maximum absolute atomic E-state index is 12.2. The Morgan fingerprint density at radius 1 is 1.26 bits per heavy atom. The molecule has 0 spiro atoms. The van der Waals surface area contributed by atoms with Gasteiger partial charge in [-0.25, -0.2) is 15.9 Å². The lowest BCUT2D eigenvalue weighted by molar-refractivity contribution is -0.145. The minimum atomic E-state index is -1.63. The first-order valence-corrected chi connectivity index (χ1v) is 15.0. The predicted molar refractivity (Wildman–Crippen MR) is 162 cm³/mol. The molecule has 42 heavy (non-hydrogen) atoms. The number of ether oxygens (including phenoxy) is 2. The maximum atomic E-state index is 12.2. The number of methoxy groups -OCH3 is 1. The van der Waals surface area contributed by atoms with Gasteiger partial charge in [0.2, 0.25) is 5.95 Å². The number of aliphatic hydroxyl groups is 1. The zero-order valence-corrected chi connectivity index (χ0v) is 26.1. The summed E-state index contributed by atoms with van der Waals surface area (Å²) in [6, 6.07) is 6.68. The third kappa shape index (κ3) is 9.87. The molecule has 0 radical (unpaired) electrons. The van der Waals surface area contributed by atoms with E-state index in [1.54, 1.807) is 44.8 Å². The molecule has 1 saturated carbocycles. The number of nitrogens with two attached hydrogens (primary N) is 2. The number of esters is 1. The fourth-order valence-corrected chi connectivity index (χ4v) is 5.31. The summed E-state index contributed by atoms with van der Waals surface area (Å²) in [5.74, 6) is 6.79. The summed E-state index contributed by atoms with van der Waals surface area (Å²) >= 11 is 6.02. The van der Waals surface area contributed by atoms with Crippen LogP contribution < -0.4 is 26.2 Å². The van der Waals surface area contributed by atoms with Crippen LogP contribution in [0.4, 0.5) is 11.8 Å². The third-order valence-electron chi connectivity index (χ3n) is 6.17. The van der Waals surface area contributed by atoms with Gasteiger partial charge in [0.05, 0.1) is 25.5 Å². The number of halogens is 1. The van der Waals surface area contributed by atoms with Crippen molar-refractivity contribution in [2.24, 2.45) is 5.84 Å². The standard InChI is InChI=1S/C25H36ClN8O5P.CH4O/c1-15(11-21(35)38-18-9-10-18)32-40(39-19-7-5-17(26)6-8-19)37-13-20(36-4)12-16(2)34-14-29-22-23(33(3)28)30-25(27)31-24(22)34;1-2/h5-8,14-16,18,20,32H,9-13,28H2,1-4H3,(H2,27,30,31);2H,1H3. The fraction of sp³-hybridized carbons (Fsp3) is 0.538. The predicted octanol–water partition coefficient (Wildman–Crippen LogP) is 3.34. The molecule has 2 aromatic heterocycles. The number of fused-ring (bicyclic) bond motifs is 1. The molecule has 0 amide bonds. The van der Waals surface area contributed by atoms with E-state index in [0.717, 1.165) is 20.0 Å². The molecular formula is C26H40ClN8O6P. The van der Waals surface area contributed by atoms with Gasteiger partial charge >= 0.3 is 14.5 Å². The monoisotopic (exact) mass is 626 g/mol.